The summed E-state index contributed by atoms with van der Waals surface area (Å²) in [7, 11) is 0. The molecule has 1 aromatic carbocycles. The predicted octanol–water partition coefficient (Wildman–Crippen LogP) is 4.31. The van der Waals surface area contributed by atoms with Crippen molar-refractivity contribution < 1.29 is 4.39 Å². The van der Waals surface area contributed by atoms with E-state index < -0.39 is 0 Å². The van der Waals surface area contributed by atoms with E-state index in [1.165, 1.54) is 6.07 Å². The van der Waals surface area contributed by atoms with Gasteiger partial charge in [-0.2, -0.15) is 0 Å². The normalized spacial score (nSPS) is 11.0. The molecule has 0 unspecified atom stereocenters. The quantitative estimate of drug-likeness (QED) is 0.695. The van der Waals surface area contributed by atoms with Crippen molar-refractivity contribution in [3.8, 4) is 0 Å². The van der Waals surface area contributed by atoms with Gasteiger partial charge in [0.1, 0.15) is 10.4 Å². The van der Waals surface area contributed by atoms with E-state index in [9.17, 15) is 4.39 Å². The fourth-order valence-corrected chi connectivity index (χ4v) is 2.83. The molecular formula is C14H11Br2FN4. The molecule has 1 N–H and O–H groups in total. The Labute approximate surface area is 137 Å². The van der Waals surface area contributed by atoms with E-state index >= 15 is 0 Å². The molecule has 0 saturated carbocycles. The first kappa shape index (κ1) is 14.5. The van der Waals surface area contributed by atoms with Crippen LogP contribution in [0.15, 0.2) is 39.8 Å². The molecule has 0 aliphatic heterocycles. The summed E-state index contributed by atoms with van der Waals surface area (Å²) in [5.41, 5.74) is 3.48. The zero-order chi connectivity index (χ0) is 15.0. The molecule has 0 atom stereocenters. The van der Waals surface area contributed by atoms with Crippen LogP contribution >= 0.6 is 31.9 Å². The fourth-order valence-electron chi connectivity index (χ4n) is 2.07. The number of aryl methyl sites for hydroxylation is 1. The van der Waals surface area contributed by atoms with Gasteiger partial charge in [-0.1, -0.05) is 0 Å². The minimum absolute atomic E-state index is 0.284. The van der Waals surface area contributed by atoms with Crippen molar-refractivity contribution in [3.63, 3.8) is 0 Å². The van der Waals surface area contributed by atoms with Crippen LogP contribution in [0.5, 0.6) is 0 Å². The van der Waals surface area contributed by atoms with Gasteiger partial charge in [-0.3, -0.25) is 4.40 Å². The van der Waals surface area contributed by atoms with Gasteiger partial charge in [0.2, 0.25) is 0 Å². The molecule has 0 aliphatic carbocycles. The van der Waals surface area contributed by atoms with Crippen LogP contribution in [0.1, 0.15) is 11.3 Å². The van der Waals surface area contributed by atoms with Gasteiger partial charge in [0, 0.05) is 11.9 Å². The molecule has 21 heavy (non-hydrogen) atoms. The Kier molecular flexibility index (Phi) is 3.95. The van der Waals surface area contributed by atoms with Gasteiger partial charge < -0.3 is 5.32 Å². The lowest BCUT2D eigenvalue weighted by atomic mass is 10.2. The van der Waals surface area contributed by atoms with Gasteiger partial charge in [0.25, 0.3) is 0 Å². The van der Waals surface area contributed by atoms with Crippen LogP contribution in [0, 0.1) is 12.7 Å². The van der Waals surface area contributed by atoms with Gasteiger partial charge in [0.15, 0.2) is 5.65 Å². The molecule has 7 heteroatoms. The van der Waals surface area contributed by atoms with Gasteiger partial charge in [0.05, 0.1) is 29.1 Å². The number of halogens is 3. The number of nitrogens with zero attached hydrogens (tertiary/aromatic N) is 3. The fraction of sp³-hybridized carbons (Fsp3) is 0.143. The Morgan fingerprint density at radius 1 is 1.24 bits per heavy atom. The van der Waals surface area contributed by atoms with Gasteiger partial charge in [-0.25, -0.2) is 14.4 Å². The molecule has 0 amide bonds. The monoisotopic (exact) mass is 412 g/mol. The van der Waals surface area contributed by atoms with Gasteiger partial charge in [-0.15, -0.1) is 0 Å². The highest BCUT2D eigenvalue weighted by Gasteiger charge is 2.07. The van der Waals surface area contributed by atoms with E-state index in [0.717, 1.165) is 27.2 Å². The van der Waals surface area contributed by atoms with E-state index in [0.29, 0.717) is 11.0 Å². The van der Waals surface area contributed by atoms with Crippen molar-refractivity contribution in [1.82, 2.24) is 14.4 Å². The van der Waals surface area contributed by atoms with Crippen LogP contribution in [0.25, 0.3) is 5.65 Å². The number of benzene rings is 1. The number of anilines is 1. The Bertz CT molecular complexity index is 816. The van der Waals surface area contributed by atoms with Crippen LogP contribution < -0.4 is 5.32 Å². The molecule has 0 saturated heterocycles. The van der Waals surface area contributed by atoms with E-state index in [1.54, 1.807) is 18.5 Å². The Hall–Kier alpha value is -1.47. The number of hydrogen-bond donors (Lipinski definition) is 1. The van der Waals surface area contributed by atoms with Crippen molar-refractivity contribution in [2.45, 2.75) is 13.5 Å². The summed E-state index contributed by atoms with van der Waals surface area (Å²) in [6.45, 7) is 2.47. The summed E-state index contributed by atoms with van der Waals surface area (Å²) in [6.07, 6.45) is 5.33. The minimum Gasteiger partial charge on any atom is -0.379 e. The maximum absolute atomic E-state index is 13.6. The van der Waals surface area contributed by atoms with Crippen LogP contribution in [-0.2, 0) is 6.54 Å². The van der Waals surface area contributed by atoms with Crippen molar-refractivity contribution in [2.75, 3.05) is 5.32 Å². The number of rotatable bonds is 3. The Balaban J connectivity index is 1.87. The van der Waals surface area contributed by atoms with E-state index in [-0.39, 0.29) is 5.82 Å². The lowest BCUT2D eigenvalue weighted by Gasteiger charge is -2.10. The smallest absolute Gasteiger partial charge is 0.155 e. The molecule has 2 aromatic heterocycles. The van der Waals surface area contributed by atoms with Crippen molar-refractivity contribution in [1.29, 1.82) is 0 Å². The first-order valence-corrected chi connectivity index (χ1v) is 7.80. The summed E-state index contributed by atoms with van der Waals surface area (Å²) >= 11 is 6.52. The first-order chi connectivity index (χ1) is 10.0. The third-order valence-electron chi connectivity index (χ3n) is 3.17. The topological polar surface area (TPSA) is 42.2 Å². The van der Waals surface area contributed by atoms with Gasteiger partial charge >= 0.3 is 0 Å². The lowest BCUT2D eigenvalue weighted by molar-refractivity contribution is 0.621. The molecule has 0 bridgehead atoms. The molecule has 4 nitrogen and oxygen atoms in total. The number of fused-ring (bicyclic) bond motifs is 1. The summed E-state index contributed by atoms with van der Waals surface area (Å²) in [5.74, 6) is -0.284. The van der Waals surface area contributed by atoms with E-state index in [4.69, 9.17) is 0 Å². The predicted molar refractivity (Wildman–Crippen MR) is 86.9 cm³/mol. The standard InChI is InChI=1S/C14H11Br2FN4/c1-8-2-10(15)11(17)3-12(8)18-4-9-5-20-14-6-19-13(16)7-21(9)14/h2-3,5-7,18H,4H2,1H3. The maximum atomic E-state index is 13.6. The van der Waals surface area contributed by atoms with Crippen molar-refractivity contribution in [2.24, 2.45) is 0 Å². The number of hydrogen-bond acceptors (Lipinski definition) is 3. The van der Waals surface area contributed by atoms with Crippen LogP contribution in [0.3, 0.4) is 0 Å². The second kappa shape index (κ2) is 5.73. The molecule has 0 spiro atoms. The highest BCUT2D eigenvalue weighted by Crippen LogP contribution is 2.24. The molecule has 0 fully saturated rings. The number of imidazole rings is 1. The van der Waals surface area contributed by atoms with Gasteiger partial charge in [-0.05, 0) is 56.5 Å². The average molecular weight is 414 g/mol. The van der Waals surface area contributed by atoms with Crippen molar-refractivity contribution in [3.05, 3.63) is 56.9 Å². The number of nitrogens with one attached hydrogen (secondary N) is 1. The zero-order valence-corrected chi connectivity index (χ0v) is 14.2. The summed E-state index contributed by atoms with van der Waals surface area (Å²) in [5, 5.41) is 3.24. The molecule has 0 aliphatic rings. The molecular weight excluding hydrogens is 403 g/mol. The molecule has 2 heterocycles. The summed E-state index contributed by atoms with van der Waals surface area (Å²) in [6, 6.07) is 3.24. The molecule has 3 aromatic rings. The zero-order valence-electron chi connectivity index (χ0n) is 11.1. The van der Waals surface area contributed by atoms with Crippen LogP contribution in [0.2, 0.25) is 0 Å². The second-order valence-corrected chi connectivity index (χ2v) is 6.29. The average Bonchev–Trinajstić information content (AvgIpc) is 2.84. The summed E-state index contributed by atoms with van der Waals surface area (Å²) in [4.78, 5) is 8.42. The third kappa shape index (κ3) is 2.94. The Morgan fingerprint density at radius 2 is 2.05 bits per heavy atom. The summed E-state index contributed by atoms with van der Waals surface area (Å²) < 4.78 is 16.8. The molecule has 108 valence electrons. The van der Waals surface area contributed by atoms with E-state index in [2.05, 4.69) is 47.1 Å². The van der Waals surface area contributed by atoms with Crippen LogP contribution in [-0.4, -0.2) is 14.4 Å². The second-order valence-electron chi connectivity index (χ2n) is 4.62. The van der Waals surface area contributed by atoms with E-state index in [1.807, 2.05) is 17.5 Å². The highest BCUT2D eigenvalue weighted by atomic mass is 79.9. The molecule has 3 rings (SSSR count). The third-order valence-corrected chi connectivity index (χ3v) is 4.19. The first-order valence-electron chi connectivity index (χ1n) is 6.21. The largest absolute Gasteiger partial charge is 0.379 e. The number of aromatic nitrogens is 3. The van der Waals surface area contributed by atoms with Crippen molar-refractivity contribution >= 4 is 43.2 Å². The highest BCUT2D eigenvalue weighted by molar-refractivity contribution is 9.10. The van der Waals surface area contributed by atoms with Crippen LogP contribution in [0.4, 0.5) is 10.1 Å². The SMILES string of the molecule is Cc1cc(Br)c(F)cc1NCc1cnc2cnc(Br)cn12. The Morgan fingerprint density at radius 3 is 2.86 bits per heavy atom. The minimum atomic E-state index is -0.284. The molecule has 0 radical (unpaired) electrons. The maximum Gasteiger partial charge on any atom is 0.155 e. The lowest BCUT2D eigenvalue weighted by Crippen LogP contribution is -2.04.